The molecule has 6 nitrogen and oxygen atoms in total. The second-order valence-corrected chi connectivity index (χ2v) is 6.97. The Kier molecular flexibility index (Phi) is 3.40. The van der Waals surface area contributed by atoms with E-state index < -0.39 is 11.5 Å². The Morgan fingerprint density at radius 1 is 1.31 bits per heavy atom. The van der Waals surface area contributed by atoms with Gasteiger partial charge in [0, 0.05) is 29.8 Å². The van der Waals surface area contributed by atoms with E-state index in [1.807, 2.05) is 18.2 Å². The molecule has 0 aliphatic carbocycles. The van der Waals surface area contributed by atoms with E-state index in [0.29, 0.717) is 12.2 Å². The fourth-order valence-electron chi connectivity index (χ4n) is 4.33. The Morgan fingerprint density at radius 2 is 2.23 bits per heavy atom. The van der Waals surface area contributed by atoms with Crippen molar-refractivity contribution in [2.75, 3.05) is 19.7 Å². The largest absolute Gasteiger partial charge is 0.490 e. The summed E-state index contributed by atoms with van der Waals surface area (Å²) in [6.45, 7) is 2.05. The zero-order chi connectivity index (χ0) is 17.7. The van der Waals surface area contributed by atoms with Gasteiger partial charge in [0.15, 0.2) is 0 Å². The van der Waals surface area contributed by atoms with E-state index >= 15 is 0 Å². The molecule has 3 aliphatic heterocycles. The average Bonchev–Trinajstić information content (AvgIpc) is 3.05. The van der Waals surface area contributed by atoms with Crippen molar-refractivity contribution in [3.05, 3.63) is 48.0 Å². The van der Waals surface area contributed by atoms with Crippen LogP contribution in [0.3, 0.4) is 0 Å². The molecular weight excluding hydrogens is 335 g/mol. The number of rotatable bonds is 1. The maximum Gasteiger partial charge on any atom is 0.283 e. The normalized spacial score (nSPS) is 29.3. The van der Waals surface area contributed by atoms with Crippen LogP contribution in [0.2, 0.25) is 0 Å². The highest BCUT2D eigenvalue weighted by Crippen LogP contribution is 2.50. The lowest BCUT2D eigenvalue weighted by molar-refractivity contribution is 0.0161. The number of nitrogens with two attached hydrogens (primary N) is 1. The first-order valence-corrected chi connectivity index (χ1v) is 8.78. The van der Waals surface area contributed by atoms with Crippen LogP contribution in [0.4, 0.5) is 4.39 Å². The fourth-order valence-corrected chi connectivity index (χ4v) is 4.33. The monoisotopic (exact) mass is 354 g/mol. The molecule has 0 amide bonds. The minimum atomic E-state index is -0.607. The summed E-state index contributed by atoms with van der Waals surface area (Å²) in [7, 11) is 0. The van der Waals surface area contributed by atoms with Gasteiger partial charge in [-0.15, -0.1) is 0 Å². The van der Waals surface area contributed by atoms with Crippen LogP contribution >= 0.6 is 0 Å². The number of hydrogen-bond acceptors (Lipinski definition) is 6. The number of halogens is 1. The molecule has 0 saturated carbocycles. The summed E-state index contributed by atoms with van der Waals surface area (Å²) in [5.41, 5.74) is 7.36. The van der Waals surface area contributed by atoms with Crippen LogP contribution in [-0.2, 0) is 10.3 Å². The van der Waals surface area contributed by atoms with Crippen molar-refractivity contribution in [1.29, 1.82) is 0 Å². The van der Waals surface area contributed by atoms with Crippen LogP contribution in [0.25, 0.3) is 11.1 Å². The quantitative estimate of drug-likeness (QED) is 0.763. The highest BCUT2D eigenvalue weighted by atomic mass is 19.1. The summed E-state index contributed by atoms with van der Waals surface area (Å²) >= 11 is 0. The van der Waals surface area contributed by atoms with E-state index in [-0.39, 0.29) is 18.0 Å². The first-order chi connectivity index (χ1) is 12.7. The van der Waals surface area contributed by atoms with Gasteiger partial charge in [-0.3, -0.25) is 0 Å². The van der Waals surface area contributed by atoms with E-state index in [4.69, 9.17) is 20.2 Å². The molecule has 0 bridgehead atoms. The number of fused-ring (bicyclic) bond motifs is 4. The molecule has 1 aromatic heterocycles. The fraction of sp³-hybridized carbons (Fsp3) is 0.368. The van der Waals surface area contributed by atoms with E-state index in [2.05, 4.69) is 10.3 Å². The van der Waals surface area contributed by atoms with E-state index in [1.54, 1.807) is 12.1 Å². The van der Waals surface area contributed by atoms with Gasteiger partial charge in [-0.05, 0) is 42.8 Å². The van der Waals surface area contributed by atoms with Gasteiger partial charge in [0.1, 0.15) is 24.0 Å². The average molecular weight is 354 g/mol. The highest BCUT2D eigenvalue weighted by Gasteiger charge is 2.54. The summed E-state index contributed by atoms with van der Waals surface area (Å²) < 4.78 is 26.0. The second-order valence-electron chi connectivity index (χ2n) is 6.97. The van der Waals surface area contributed by atoms with E-state index in [9.17, 15) is 4.39 Å². The predicted octanol–water partition coefficient (Wildman–Crippen LogP) is 1.80. The standard InChI is InChI=1S/C19H19FN4O2/c20-17-12(2-1-6-23-17)11-3-4-15-13(8-11)19(10-25-18(21)24-19)14-9-22-7-5-16(14)26-15/h1-4,6,8,14,16,22H,5,7,9-10H2,(H2,21,24). The number of nitrogens with one attached hydrogen (secondary N) is 1. The van der Waals surface area contributed by atoms with E-state index in [1.165, 1.54) is 6.20 Å². The van der Waals surface area contributed by atoms with Crippen LogP contribution in [0.1, 0.15) is 12.0 Å². The third-order valence-electron chi connectivity index (χ3n) is 5.58. The molecular formula is C19H19FN4O2. The SMILES string of the molecule is NC1=NC2(CO1)c1cc(-c3cccnc3F)ccc1OC1CCNCC12. The molecule has 1 aromatic carbocycles. The van der Waals surface area contributed by atoms with Crippen molar-refractivity contribution in [3.63, 3.8) is 0 Å². The molecule has 3 unspecified atom stereocenters. The van der Waals surface area contributed by atoms with Crippen LogP contribution < -0.4 is 15.8 Å². The van der Waals surface area contributed by atoms with Gasteiger partial charge in [0.05, 0.1) is 0 Å². The van der Waals surface area contributed by atoms with Crippen LogP contribution in [0.15, 0.2) is 41.5 Å². The van der Waals surface area contributed by atoms with Gasteiger partial charge >= 0.3 is 0 Å². The molecule has 4 heterocycles. The Bertz CT molecular complexity index is 903. The van der Waals surface area contributed by atoms with E-state index in [0.717, 1.165) is 36.4 Å². The maximum absolute atomic E-state index is 14.2. The zero-order valence-electron chi connectivity index (χ0n) is 14.1. The molecule has 2 aromatic rings. The molecule has 1 saturated heterocycles. The third-order valence-corrected chi connectivity index (χ3v) is 5.58. The minimum absolute atomic E-state index is 0.0583. The number of amidine groups is 1. The molecule has 1 fully saturated rings. The van der Waals surface area contributed by atoms with Crippen molar-refractivity contribution >= 4 is 6.02 Å². The summed E-state index contributed by atoms with van der Waals surface area (Å²) in [6, 6.07) is 9.32. The molecule has 3 atom stereocenters. The molecule has 26 heavy (non-hydrogen) atoms. The number of aromatic nitrogens is 1. The van der Waals surface area contributed by atoms with Crippen molar-refractivity contribution in [2.24, 2.45) is 16.6 Å². The molecule has 0 radical (unpaired) electrons. The Hall–Kier alpha value is -2.67. The van der Waals surface area contributed by atoms with Gasteiger partial charge in [0.25, 0.3) is 6.02 Å². The van der Waals surface area contributed by atoms with Gasteiger partial charge in [-0.1, -0.05) is 6.07 Å². The smallest absolute Gasteiger partial charge is 0.283 e. The molecule has 3 N–H and O–H groups in total. The number of benzene rings is 1. The number of nitrogens with zero attached hydrogens (tertiary/aromatic N) is 2. The first-order valence-electron chi connectivity index (χ1n) is 8.78. The predicted molar refractivity (Wildman–Crippen MR) is 94.3 cm³/mol. The summed E-state index contributed by atoms with van der Waals surface area (Å²) in [5.74, 6) is 0.378. The first kappa shape index (κ1) is 15.6. The summed E-state index contributed by atoms with van der Waals surface area (Å²) in [6.07, 6.45) is 2.40. The molecule has 5 rings (SSSR count). The van der Waals surface area contributed by atoms with Gasteiger partial charge < -0.3 is 20.5 Å². The topological polar surface area (TPSA) is 81.8 Å². The van der Waals surface area contributed by atoms with Gasteiger partial charge in [-0.2, -0.15) is 4.39 Å². The molecule has 134 valence electrons. The van der Waals surface area contributed by atoms with Gasteiger partial charge in [0.2, 0.25) is 5.95 Å². The summed E-state index contributed by atoms with van der Waals surface area (Å²) in [5, 5.41) is 3.42. The number of pyridine rings is 1. The zero-order valence-corrected chi connectivity index (χ0v) is 14.1. The molecule has 7 heteroatoms. The number of hydrogen-bond donors (Lipinski definition) is 2. The Balaban J connectivity index is 1.69. The van der Waals surface area contributed by atoms with Crippen molar-refractivity contribution in [2.45, 2.75) is 18.1 Å². The van der Waals surface area contributed by atoms with Crippen LogP contribution in [0.5, 0.6) is 5.75 Å². The lowest BCUT2D eigenvalue weighted by atomic mass is 9.71. The number of ether oxygens (including phenoxy) is 2. The van der Waals surface area contributed by atoms with Crippen molar-refractivity contribution in [1.82, 2.24) is 10.3 Å². The molecule has 3 aliphatic rings. The minimum Gasteiger partial charge on any atom is -0.490 e. The van der Waals surface area contributed by atoms with Crippen molar-refractivity contribution in [3.8, 4) is 16.9 Å². The van der Waals surface area contributed by atoms with Gasteiger partial charge in [-0.25, -0.2) is 9.98 Å². The lowest BCUT2D eigenvalue weighted by Gasteiger charge is -2.46. The molecule has 1 spiro atoms. The lowest BCUT2D eigenvalue weighted by Crippen LogP contribution is -2.55. The highest BCUT2D eigenvalue weighted by molar-refractivity contribution is 5.75. The summed E-state index contributed by atoms with van der Waals surface area (Å²) in [4.78, 5) is 8.46. The van der Waals surface area contributed by atoms with Crippen LogP contribution in [0, 0.1) is 11.9 Å². The number of piperidine rings is 1. The van der Waals surface area contributed by atoms with Crippen molar-refractivity contribution < 1.29 is 13.9 Å². The third kappa shape index (κ3) is 2.20. The second kappa shape index (κ2) is 5.67. The van der Waals surface area contributed by atoms with Crippen LogP contribution in [-0.4, -0.2) is 36.8 Å². The maximum atomic E-state index is 14.2. The Labute approximate surface area is 150 Å². The number of aliphatic imine (C=N–C) groups is 1. The Morgan fingerprint density at radius 3 is 3.04 bits per heavy atom.